The Kier molecular flexibility index (Phi) is 3.11. The molecule has 1 heterocycles. The van der Waals surface area contributed by atoms with E-state index in [-0.39, 0.29) is 11.0 Å². The Morgan fingerprint density at radius 3 is 2.75 bits per heavy atom. The van der Waals surface area contributed by atoms with Crippen molar-refractivity contribution in [2.24, 2.45) is 0 Å². The van der Waals surface area contributed by atoms with Crippen LogP contribution in [0.3, 0.4) is 0 Å². The van der Waals surface area contributed by atoms with E-state index >= 15 is 0 Å². The fourth-order valence-corrected chi connectivity index (χ4v) is 1.70. The molecule has 0 amide bonds. The molecule has 1 aromatic carbocycles. The fraction of sp³-hybridized carbons (Fsp3) is 0.154. The first-order chi connectivity index (χ1) is 7.65. The van der Waals surface area contributed by atoms with Crippen molar-refractivity contribution in [3.63, 3.8) is 0 Å². The molecule has 16 heavy (non-hydrogen) atoms. The van der Waals surface area contributed by atoms with Gasteiger partial charge in [-0.25, -0.2) is 0 Å². The summed E-state index contributed by atoms with van der Waals surface area (Å²) < 4.78 is 5.06. The molecular weight excluding hydrogens is 224 g/mol. The summed E-state index contributed by atoms with van der Waals surface area (Å²) in [6.07, 6.45) is 0.339. The Labute approximate surface area is 98.8 Å². The van der Waals surface area contributed by atoms with Crippen molar-refractivity contribution in [2.45, 2.75) is 13.3 Å². The number of aryl methyl sites for hydroxylation is 1. The van der Waals surface area contributed by atoms with Crippen LogP contribution in [-0.2, 0) is 6.42 Å². The minimum Gasteiger partial charge on any atom is -0.442 e. The average Bonchev–Trinajstić information content (AvgIpc) is 2.65. The van der Waals surface area contributed by atoms with Crippen molar-refractivity contribution < 1.29 is 9.21 Å². The molecule has 0 saturated heterocycles. The summed E-state index contributed by atoms with van der Waals surface area (Å²) in [5, 5.41) is 0.243. The molecule has 1 aromatic heterocycles. The van der Waals surface area contributed by atoms with Gasteiger partial charge in [-0.3, -0.25) is 4.79 Å². The van der Waals surface area contributed by atoms with E-state index in [1.807, 2.05) is 31.2 Å². The smallest absolute Gasteiger partial charge is 0.202 e. The van der Waals surface area contributed by atoms with Crippen LogP contribution in [0.15, 0.2) is 40.8 Å². The third-order valence-electron chi connectivity index (χ3n) is 2.30. The molecule has 0 fully saturated rings. The molecule has 0 aliphatic carbocycles. The van der Waals surface area contributed by atoms with Crippen LogP contribution in [0.5, 0.6) is 0 Å². The summed E-state index contributed by atoms with van der Waals surface area (Å²) in [5.41, 5.74) is 2.13. The summed E-state index contributed by atoms with van der Waals surface area (Å²) in [5.74, 6) is 0.254. The quantitative estimate of drug-likeness (QED) is 0.759. The highest BCUT2D eigenvalue weighted by atomic mass is 35.5. The number of carbonyl (C=O) groups is 1. The first kappa shape index (κ1) is 11.0. The van der Waals surface area contributed by atoms with Crippen LogP contribution < -0.4 is 0 Å². The van der Waals surface area contributed by atoms with Gasteiger partial charge in [0, 0.05) is 6.42 Å². The van der Waals surface area contributed by atoms with E-state index in [4.69, 9.17) is 16.0 Å². The zero-order valence-electron chi connectivity index (χ0n) is 8.87. The van der Waals surface area contributed by atoms with Crippen LogP contribution in [0.1, 0.15) is 21.7 Å². The van der Waals surface area contributed by atoms with Crippen LogP contribution in [0, 0.1) is 6.92 Å². The van der Waals surface area contributed by atoms with Crippen molar-refractivity contribution in [3.8, 4) is 0 Å². The van der Waals surface area contributed by atoms with Crippen molar-refractivity contribution >= 4 is 17.4 Å². The first-order valence-electron chi connectivity index (χ1n) is 4.99. The molecule has 0 unspecified atom stereocenters. The molecule has 2 aromatic rings. The lowest BCUT2D eigenvalue weighted by molar-refractivity contribution is 0.0966. The third-order valence-corrected chi connectivity index (χ3v) is 2.50. The highest BCUT2D eigenvalue weighted by molar-refractivity contribution is 6.29. The van der Waals surface area contributed by atoms with Gasteiger partial charge in [-0.05, 0) is 36.2 Å². The number of rotatable bonds is 3. The molecule has 2 nitrogen and oxygen atoms in total. The topological polar surface area (TPSA) is 30.2 Å². The zero-order chi connectivity index (χ0) is 11.5. The van der Waals surface area contributed by atoms with E-state index in [9.17, 15) is 4.79 Å². The number of benzene rings is 1. The molecule has 0 bridgehead atoms. The third kappa shape index (κ3) is 2.52. The van der Waals surface area contributed by atoms with Gasteiger partial charge in [0.2, 0.25) is 5.78 Å². The number of ketones is 1. The minimum atomic E-state index is -0.0579. The van der Waals surface area contributed by atoms with Gasteiger partial charge < -0.3 is 4.42 Å². The molecule has 82 valence electrons. The second kappa shape index (κ2) is 4.54. The summed E-state index contributed by atoms with van der Waals surface area (Å²) in [6, 6.07) is 11.0. The number of furan rings is 1. The fourth-order valence-electron chi connectivity index (χ4n) is 1.56. The van der Waals surface area contributed by atoms with Crippen LogP contribution in [0.25, 0.3) is 0 Å². The van der Waals surface area contributed by atoms with Gasteiger partial charge in [0.05, 0.1) is 0 Å². The van der Waals surface area contributed by atoms with E-state index in [1.165, 1.54) is 0 Å². The standard InChI is InChI=1S/C13H11ClO2/c1-9-3-2-4-10(7-9)8-11(15)12-5-6-13(14)16-12/h2-7H,8H2,1H3. The summed E-state index contributed by atoms with van der Waals surface area (Å²) in [4.78, 5) is 11.8. The molecule has 2 rings (SSSR count). The summed E-state index contributed by atoms with van der Waals surface area (Å²) in [6.45, 7) is 2.00. The predicted molar refractivity (Wildman–Crippen MR) is 62.9 cm³/mol. The molecule has 0 atom stereocenters. The Morgan fingerprint density at radius 2 is 2.12 bits per heavy atom. The lowest BCUT2D eigenvalue weighted by Gasteiger charge is -2.00. The number of hydrogen-bond donors (Lipinski definition) is 0. The number of Topliss-reactive ketones (excluding diaryl/α,β-unsaturated/α-hetero) is 1. The van der Waals surface area contributed by atoms with E-state index in [0.717, 1.165) is 11.1 Å². The van der Waals surface area contributed by atoms with E-state index < -0.39 is 0 Å². The highest BCUT2D eigenvalue weighted by Gasteiger charge is 2.11. The van der Waals surface area contributed by atoms with Crippen molar-refractivity contribution in [1.82, 2.24) is 0 Å². The second-order valence-electron chi connectivity index (χ2n) is 3.69. The van der Waals surface area contributed by atoms with Gasteiger partial charge >= 0.3 is 0 Å². The van der Waals surface area contributed by atoms with E-state index in [1.54, 1.807) is 12.1 Å². The van der Waals surface area contributed by atoms with E-state index in [2.05, 4.69) is 0 Å². The molecule has 0 N–H and O–H groups in total. The van der Waals surface area contributed by atoms with Crippen LogP contribution in [0.4, 0.5) is 0 Å². The highest BCUT2D eigenvalue weighted by Crippen LogP contribution is 2.15. The molecule has 0 saturated carbocycles. The van der Waals surface area contributed by atoms with Crippen molar-refractivity contribution in [2.75, 3.05) is 0 Å². The molecule has 0 radical (unpaired) electrons. The van der Waals surface area contributed by atoms with Crippen LogP contribution in [-0.4, -0.2) is 5.78 Å². The van der Waals surface area contributed by atoms with Gasteiger partial charge in [-0.15, -0.1) is 0 Å². The predicted octanol–water partition coefficient (Wildman–Crippen LogP) is 3.67. The molecule has 0 spiro atoms. The Balaban J connectivity index is 2.13. The van der Waals surface area contributed by atoms with Gasteiger partial charge in [0.25, 0.3) is 0 Å². The number of hydrogen-bond acceptors (Lipinski definition) is 2. The summed E-state index contributed by atoms with van der Waals surface area (Å²) >= 11 is 5.61. The van der Waals surface area contributed by atoms with Gasteiger partial charge in [0.15, 0.2) is 11.0 Å². The Hall–Kier alpha value is -1.54. The zero-order valence-corrected chi connectivity index (χ0v) is 9.62. The molecule has 0 aliphatic heterocycles. The van der Waals surface area contributed by atoms with Crippen LogP contribution in [0.2, 0.25) is 5.22 Å². The van der Waals surface area contributed by atoms with Gasteiger partial charge in [-0.1, -0.05) is 29.8 Å². The van der Waals surface area contributed by atoms with E-state index in [0.29, 0.717) is 12.2 Å². The van der Waals surface area contributed by atoms with Crippen LogP contribution >= 0.6 is 11.6 Å². The van der Waals surface area contributed by atoms with Crippen molar-refractivity contribution in [1.29, 1.82) is 0 Å². The number of halogens is 1. The first-order valence-corrected chi connectivity index (χ1v) is 5.37. The van der Waals surface area contributed by atoms with Crippen molar-refractivity contribution in [3.05, 3.63) is 58.5 Å². The monoisotopic (exact) mass is 234 g/mol. The Bertz CT molecular complexity index is 514. The van der Waals surface area contributed by atoms with Gasteiger partial charge in [0.1, 0.15) is 0 Å². The maximum absolute atomic E-state index is 11.8. The minimum absolute atomic E-state index is 0.0579. The molecule has 0 aliphatic rings. The molecule has 3 heteroatoms. The summed E-state index contributed by atoms with van der Waals surface area (Å²) in [7, 11) is 0. The maximum atomic E-state index is 11.8. The SMILES string of the molecule is Cc1cccc(CC(=O)c2ccc(Cl)o2)c1. The normalized spacial score (nSPS) is 10.4. The lowest BCUT2D eigenvalue weighted by Crippen LogP contribution is -2.01. The lowest BCUT2D eigenvalue weighted by atomic mass is 10.1. The Morgan fingerprint density at radius 1 is 1.31 bits per heavy atom. The largest absolute Gasteiger partial charge is 0.442 e. The van der Waals surface area contributed by atoms with Gasteiger partial charge in [-0.2, -0.15) is 0 Å². The maximum Gasteiger partial charge on any atom is 0.202 e. The molecular formula is C13H11ClO2. The average molecular weight is 235 g/mol. The second-order valence-corrected chi connectivity index (χ2v) is 4.07. The number of carbonyl (C=O) groups excluding carboxylic acids is 1.